The van der Waals surface area contributed by atoms with E-state index in [9.17, 15) is 8.76 Å². The maximum absolute atomic E-state index is 11.9. The molecule has 3 atom stereocenters. The molecule has 4 rings (SSSR count). The monoisotopic (exact) mass is 313 g/mol. The van der Waals surface area contributed by atoms with Crippen molar-refractivity contribution >= 4 is 33.2 Å². The van der Waals surface area contributed by atoms with Crippen LogP contribution in [0.2, 0.25) is 0 Å². The smallest absolute Gasteiger partial charge is 0.231 e. The number of hydrogen-bond acceptors (Lipinski definition) is 4. The summed E-state index contributed by atoms with van der Waals surface area (Å²) < 4.78 is 32.3. The minimum Gasteiger partial charge on any atom is -0.454 e. The van der Waals surface area contributed by atoms with Crippen molar-refractivity contribution in [3.05, 3.63) is 18.2 Å². The van der Waals surface area contributed by atoms with Crippen LogP contribution in [-0.4, -0.2) is 40.0 Å². The molecule has 1 aromatic carbocycles. The van der Waals surface area contributed by atoms with Crippen LogP contribution in [0.15, 0.2) is 18.2 Å². The Bertz CT molecular complexity index is 650. The Balaban J connectivity index is 1.70. The van der Waals surface area contributed by atoms with E-state index in [0.717, 1.165) is 5.69 Å². The molecule has 106 valence electrons. The van der Waals surface area contributed by atoms with Gasteiger partial charge in [-0.15, -0.1) is 0 Å². The second kappa shape index (κ2) is 4.06. The lowest BCUT2D eigenvalue weighted by molar-refractivity contribution is 0.174. The van der Waals surface area contributed by atoms with Crippen LogP contribution in [-0.2, 0) is 14.4 Å². The number of ether oxygens (including phenoxy) is 2. The highest BCUT2D eigenvalue weighted by Gasteiger charge is 2.54. The van der Waals surface area contributed by atoms with Gasteiger partial charge in [-0.1, -0.05) is 4.21 Å². The normalized spacial score (nSPS) is 34.2. The van der Waals surface area contributed by atoms with Gasteiger partial charge >= 0.3 is 0 Å². The second-order valence-corrected chi connectivity index (χ2v) is 7.74. The van der Waals surface area contributed by atoms with Crippen molar-refractivity contribution in [3.8, 4) is 11.5 Å². The van der Waals surface area contributed by atoms with E-state index in [1.165, 1.54) is 0 Å². The molecular formula is C12H13N2O4S2+. The Hall–Kier alpha value is -1.38. The summed E-state index contributed by atoms with van der Waals surface area (Å²) in [6.07, 6.45) is 0. The van der Waals surface area contributed by atoms with Gasteiger partial charge in [0.25, 0.3) is 0 Å². The minimum absolute atomic E-state index is 0.0644. The van der Waals surface area contributed by atoms with Crippen molar-refractivity contribution in [1.29, 1.82) is 0 Å². The molecule has 2 fully saturated rings. The standard InChI is InChI=1S/C12H12N2O4S2/c15-20(16)4-8-9(5-20)14(12(19)13-8)7-1-2-10-11(3-7)18-6-17-10/h1-3,8-9H,4-6H2,(H-,13,15,16,19)/p+1/t8-,9+/m1/s1. The molecule has 8 heteroatoms. The predicted octanol–water partition coefficient (Wildman–Crippen LogP) is 0.833. The van der Waals surface area contributed by atoms with E-state index >= 15 is 0 Å². The molecule has 20 heavy (non-hydrogen) atoms. The molecule has 6 nitrogen and oxygen atoms in total. The second-order valence-electron chi connectivity index (χ2n) is 5.14. The van der Waals surface area contributed by atoms with Gasteiger partial charge < -0.3 is 19.7 Å². The Kier molecular flexibility index (Phi) is 2.51. The van der Waals surface area contributed by atoms with Crippen molar-refractivity contribution in [2.75, 3.05) is 23.2 Å². The van der Waals surface area contributed by atoms with Gasteiger partial charge in [0.1, 0.15) is 12.1 Å². The van der Waals surface area contributed by atoms with E-state index in [2.05, 4.69) is 5.32 Å². The highest BCUT2D eigenvalue weighted by atomic mass is 32.3. The van der Waals surface area contributed by atoms with Crippen molar-refractivity contribution < 1.29 is 18.2 Å². The number of hydrogen-bond donors (Lipinski definition) is 2. The van der Waals surface area contributed by atoms with Crippen molar-refractivity contribution in [1.82, 2.24) is 5.32 Å². The average Bonchev–Trinajstić information content (AvgIpc) is 3.00. The first kappa shape index (κ1) is 12.4. The third-order valence-electron chi connectivity index (χ3n) is 3.83. The maximum atomic E-state index is 11.9. The first-order chi connectivity index (χ1) is 9.53. The van der Waals surface area contributed by atoms with Crippen LogP contribution in [0, 0.1) is 0 Å². The lowest BCUT2D eigenvalue weighted by atomic mass is 10.1. The fraction of sp³-hybridized carbons (Fsp3) is 0.417. The number of anilines is 1. The van der Waals surface area contributed by atoms with Crippen LogP contribution in [0.4, 0.5) is 5.69 Å². The first-order valence-corrected chi connectivity index (χ1v) is 8.51. The summed E-state index contributed by atoms with van der Waals surface area (Å²) in [4.78, 5) is 1.91. The third-order valence-corrected chi connectivity index (χ3v) is 5.89. The number of nitrogens with one attached hydrogen (secondary N) is 1. The largest absolute Gasteiger partial charge is 0.454 e. The van der Waals surface area contributed by atoms with Crippen LogP contribution in [0.3, 0.4) is 0 Å². The molecule has 0 spiro atoms. The number of fused-ring (bicyclic) bond motifs is 2. The van der Waals surface area contributed by atoms with E-state index in [1.54, 1.807) is 0 Å². The van der Waals surface area contributed by atoms with Crippen LogP contribution in [0.1, 0.15) is 0 Å². The SMILES string of the molecule is O=[S+]1(O)C[C@H]2NC(=S)N(c3ccc4c(c3)OCO4)[C@H]2C1. The van der Waals surface area contributed by atoms with Gasteiger partial charge in [0, 0.05) is 11.8 Å². The zero-order valence-electron chi connectivity index (χ0n) is 10.4. The zero-order valence-corrected chi connectivity index (χ0v) is 12.1. The summed E-state index contributed by atoms with van der Waals surface area (Å²) in [7, 11) is -2.75. The van der Waals surface area contributed by atoms with E-state index < -0.39 is 10.2 Å². The van der Waals surface area contributed by atoms with Gasteiger partial charge in [-0.25, -0.2) is 0 Å². The fourth-order valence-corrected chi connectivity index (χ4v) is 5.27. The fourth-order valence-electron chi connectivity index (χ4n) is 2.96. The number of nitrogens with zero attached hydrogens (tertiary/aromatic N) is 1. The summed E-state index contributed by atoms with van der Waals surface area (Å²) in [5.41, 5.74) is 0.858. The molecular weight excluding hydrogens is 300 g/mol. The van der Waals surface area contributed by atoms with Crippen LogP contribution >= 0.6 is 12.2 Å². The Morgan fingerprint density at radius 2 is 2.15 bits per heavy atom. The zero-order chi connectivity index (χ0) is 13.9. The molecule has 2 saturated heterocycles. The van der Waals surface area contributed by atoms with E-state index in [-0.39, 0.29) is 30.4 Å². The molecule has 0 aliphatic carbocycles. The molecule has 3 heterocycles. The van der Waals surface area contributed by atoms with Crippen molar-refractivity contribution in [3.63, 3.8) is 0 Å². The molecule has 0 radical (unpaired) electrons. The van der Waals surface area contributed by atoms with Gasteiger partial charge in [0.15, 0.2) is 28.1 Å². The Morgan fingerprint density at radius 3 is 3.00 bits per heavy atom. The maximum Gasteiger partial charge on any atom is 0.231 e. The third kappa shape index (κ3) is 1.79. The van der Waals surface area contributed by atoms with Gasteiger partial charge in [-0.05, 0) is 24.4 Å². The molecule has 0 saturated carbocycles. The summed E-state index contributed by atoms with van der Waals surface area (Å²) in [5, 5.41) is 3.73. The molecule has 2 N–H and O–H groups in total. The summed E-state index contributed by atoms with van der Waals surface area (Å²) in [6, 6.07) is 5.43. The summed E-state index contributed by atoms with van der Waals surface area (Å²) in [5.74, 6) is 1.87. The van der Waals surface area contributed by atoms with Crippen LogP contribution in [0.25, 0.3) is 0 Å². The summed E-state index contributed by atoms with van der Waals surface area (Å²) >= 11 is 5.35. The van der Waals surface area contributed by atoms with E-state index in [4.69, 9.17) is 21.7 Å². The molecule has 3 aliphatic heterocycles. The molecule has 1 unspecified atom stereocenters. The predicted molar refractivity (Wildman–Crippen MR) is 78.8 cm³/mol. The molecule has 0 aromatic heterocycles. The number of thiocarbonyl (C=S) groups is 1. The number of rotatable bonds is 1. The van der Waals surface area contributed by atoms with Gasteiger partial charge in [0.2, 0.25) is 17.0 Å². The van der Waals surface area contributed by atoms with Crippen LogP contribution < -0.4 is 19.7 Å². The quantitative estimate of drug-likeness (QED) is 0.588. The van der Waals surface area contributed by atoms with E-state index in [0.29, 0.717) is 16.6 Å². The lowest BCUT2D eigenvalue weighted by Crippen LogP contribution is -2.37. The van der Waals surface area contributed by atoms with Crippen LogP contribution in [0.5, 0.6) is 11.5 Å². The first-order valence-electron chi connectivity index (χ1n) is 6.25. The lowest BCUT2D eigenvalue weighted by Gasteiger charge is -2.22. The Morgan fingerprint density at radius 1 is 1.35 bits per heavy atom. The van der Waals surface area contributed by atoms with Gasteiger partial charge in [0.05, 0.1) is 0 Å². The summed E-state index contributed by atoms with van der Waals surface area (Å²) in [6.45, 7) is 0.220. The number of benzene rings is 1. The molecule has 3 aliphatic rings. The van der Waals surface area contributed by atoms with Crippen molar-refractivity contribution in [2.24, 2.45) is 0 Å². The highest BCUT2D eigenvalue weighted by Crippen LogP contribution is 2.38. The van der Waals surface area contributed by atoms with Crippen molar-refractivity contribution in [2.45, 2.75) is 12.1 Å². The molecule has 1 aromatic rings. The minimum atomic E-state index is -2.75. The Labute approximate surface area is 122 Å². The van der Waals surface area contributed by atoms with Gasteiger partial charge in [-0.2, -0.15) is 4.55 Å². The highest BCUT2D eigenvalue weighted by molar-refractivity contribution is 7.98. The van der Waals surface area contributed by atoms with Gasteiger partial charge in [-0.3, -0.25) is 0 Å². The molecule has 0 bridgehead atoms. The molecule has 0 amide bonds. The van der Waals surface area contributed by atoms with E-state index in [1.807, 2.05) is 23.1 Å². The average molecular weight is 313 g/mol. The topological polar surface area (TPSA) is 71.0 Å².